The molecule has 0 heterocycles. The minimum Gasteiger partial charge on any atom is -0.481 e. The van der Waals surface area contributed by atoms with Gasteiger partial charge in [0.25, 0.3) is 0 Å². The molecule has 0 radical (unpaired) electrons. The fourth-order valence-electron chi connectivity index (χ4n) is 2.70. The highest BCUT2D eigenvalue weighted by atomic mass is 16.5. The molecule has 20 heavy (non-hydrogen) atoms. The zero-order chi connectivity index (χ0) is 15.2. The number of carboxylic acids is 1. The fraction of sp³-hybridized carbons (Fsp3) is 0.857. The first-order valence-electron chi connectivity index (χ1n) is 7.11. The van der Waals surface area contributed by atoms with Crippen LogP contribution in [0, 0.1) is 5.41 Å². The molecule has 1 saturated carbocycles. The third-order valence-electron chi connectivity index (χ3n) is 3.77. The van der Waals surface area contributed by atoms with Crippen LogP contribution in [0.25, 0.3) is 0 Å². The number of hydrogen-bond acceptors (Lipinski definition) is 3. The Kier molecular flexibility index (Phi) is 6.26. The third-order valence-corrected chi connectivity index (χ3v) is 3.77. The molecule has 0 aromatic carbocycles. The Hall–Kier alpha value is -1.30. The first-order valence-corrected chi connectivity index (χ1v) is 7.11. The number of ether oxygens (including phenoxy) is 1. The Morgan fingerprint density at radius 2 is 2.15 bits per heavy atom. The standard InChI is InChI=1S/C14H26N2O4/c1-14(2)6-4-5-10(8-14)16-13(19)15-9-11(20-3)7-12(17)18/h10-11H,4-9H2,1-3H3,(H,17,18)(H2,15,16,19). The summed E-state index contributed by atoms with van der Waals surface area (Å²) in [6, 6.07) is -0.0562. The van der Waals surface area contributed by atoms with E-state index in [2.05, 4.69) is 24.5 Å². The lowest BCUT2D eigenvalue weighted by Crippen LogP contribution is -2.47. The van der Waals surface area contributed by atoms with Crippen LogP contribution < -0.4 is 10.6 Å². The van der Waals surface area contributed by atoms with Crippen molar-refractivity contribution in [3.63, 3.8) is 0 Å². The highest BCUT2D eigenvalue weighted by Gasteiger charge is 2.28. The van der Waals surface area contributed by atoms with Gasteiger partial charge in [-0.1, -0.05) is 20.3 Å². The first-order chi connectivity index (χ1) is 9.32. The summed E-state index contributed by atoms with van der Waals surface area (Å²) in [5.74, 6) is -0.937. The lowest BCUT2D eigenvalue weighted by atomic mass is 9.75. The molecule has 6 nitrogen and oxygen atoms in total. The fourth-order valence-corrected chi connectivity index (χ4v) is 2.70. The lowest BCUT2D eigenvalue weighted by molar-refractivity contribution is -0.139. The summed E-state index contributed by atoms with van der Waals surface area (Å²) in [5, 5.41) is 14.3. The number of carbonyl (C=O) groups is 2. The molecule has 0 aromatic heterocycles. The summed E-state index contributed by atoms with van der Waals surface area (Å²) in [4.78, 5) is 22.4. The molecule has 116 valence electrons. The van der Waals surface area contributed by atoms with E-state index in [1.54, 1.807) is 0 Å². The summed E-state index contributed by atoms with van der Waals surface area (Å²) in [6.45, 7) is 4.63. The van der Waals surface area contributed by atoms with Gasteiger partial charge in [0.2, 0.25) is 0 Å². The van der Waals surface area contributed by atoms with Crippen LogP contribution in [-0.2, 0) is 9.53 Å². The van der Waals surface area contributed by atoms with E-state index in [4.69, 9.17) is 9.84 Å². The molecule has 6 heteroatoms. The quantitative estimate of drug-likeness (QED) is 0.694. The number of aliphatic carboxylic acids is 1. The zero-order valence-corrected chi connectivity index (χ0v) is 12.6. The van der Waals surface area contributed by atoms with Crippen LogP contribution in [0.15, 0.2) is 0 Å². The van der Waals surface area contributed by atoms with E-state index in [0.29, 0.717) is 0 Å². The van der Waals surface area contributed by atoms with E-state index in [1.165, 1.54) is 13.5 Å². The molecular formula is C14H26N2O4. The van der Waals surface area contributed by atoms with Gasteiger partial charge in [-0.3, -0.25) is 4.79 Å². The van der Waals surface area contributed by atoms with Gasteiger partial charge in [-0.2, -0.15) is 0 Å². The monoisotopic (exact) mass is 286 g/mol. The van der Waals surface area contributed by atoms with Gasteiger partial charge in [0.05, 0.1) is 12.5 Å². The second kappa shape index (κ2) is 7.47. The number of hydrogen-bond donors (Lipinski definition) is 3. The van der Waals surface area contributed by atoms with E-state index >= 15 is 0 Å². The van der Waals surface area contributed by atoms with Crippen LogP contribution in [0.4, 0.5) is 4.79 Å². The van der Waals surface area contributed by atoms with Gasteiger partial charge in [-0.25, -0.2) is 4.79 Å². The maximum Gasteiger partial charge on any atom is 0.315 e. The van der Waals surface area contributed by atoms with Gasteiger partial charge in [-0.15, -0.1) is 0 Å². The van der Waals surface area contributed by atoms with Crippen molar-refractivity contribution in [1.82, 2.24) is 10.6 Å². The molecule has 1 aliphatic rings. The van der Waals surface area contributed by atoms with Crippen molar-refractivity contribution < 1.29 is 19.4 Å². The summed E-state index contributed by atoms with van der Waals surface area (Å²) in [5.41, 5.74) is 0.272. The van der Waals surface area contributed by atoms with Gasteiger partial charge >= 0.3 is 12.0 Å². The molecule has 2 amide bonds. The van der Waals surface area contributed by atoms with Gasteiger partial charge in [-0.05, 0) is 24.7 Å². The van der Waals surface area contributed by atoms with E-state index in [1.807, 2.05) is 0 Å². The third kappa shape index (κ3) is 6.23. The molecule has 0 bridgehead atoms. The van der Waals surface area contributed by atoms with Crippen LogP contribution in [0.1, 0.15) is 46.0 Å². The van der Waals surface area contributed by atoms with Crippen LogP contribution in [0.5, 0.6) is 0 Å². The number of amides is 2. The zero-order valence-electron chi connectivity index (χ0n) is 12.6. The number of carbonyl (C=O) groups excluding carboxylic acids is 1. The highest BCUT2D eigenvalue weighted by Crippen LogP contribution is 2.34. The lowest BCUT2D eigenvalue weighted by Gasteiger charge is -2.35. The minimum absolute atomic E-state index is 0.118. The van der Waals surface area contributed by atoms with Crippen LogP contribution >= 0.6 is 0 Å². The SMILES string of the molecule is COC(CNC(=O)NC1CCCC(C)(C)C1)CC(=O)O. The summed E-state index contributed by atoms with van der Waals surface area (Å²) < 4.78 is 5.01. The summed E-state index contributed by atoms with van der Waals surface area (Å²) in [6.07, 6.45) is 3.67. The van der Waals surface area contributed by atoms with E-state index in [-0.39, 0.29) is 30.5 Å². The summed E-state index contributed by atoms with van der Waals surface area (Å²) >= 11 is 0. The predicted molar refractivity (Wildman–Crippen MR) is 75.6 cm³/mol. The van der Waals surface area contributed by atoms with Crippen molar-refractivity contribution in [3.05, 3.63) is 0 Å². The molecule has 0 saturated heterocycles. The second-order valence-electron chi connectivity index (χ2n) is 6.27. The average Bonchev–Trinajstić information content (AvgIpc) is 2.32. The number of carboxylic acid groups (broad SMARTS) is 1. The minimum atomic E-state index is -0.937. The van der Waals surface area contributed by atoms with E-state index in [0.717, 1.165) is 19.3 Å². The van der Waals surface area contributed by atoms with Crippen LogP contribution in [0.3, 0.4) is 0 Å². The molecule has 0 aromatic rings. The Bertz CT molecular complexity index is 344. The van der Waals surface area contributed by atoms with E-state index < -0.39 is 12.1 Å². The predicted octanol–water partition coefficient (Wildman–Crippen LogP) is 1.74. The topological polar surface area (TPSA) is 87.7 Å². The van der Waals surface area contributed by atoms with Crippen molar-refractivity contribution in [2.75, 3.05) is 13.7 Å². The Balaban J connectivity index is 2.30. The van der Waals surface area contributed by atoms with Crippen molar-refractivity contribution in [2.24, 2.45) is 5.41 Å². The first kappa shape index (κ1) is 16.8. The molecule has 0 spiro atoms. The molecular weight excluding hydrogens is 260 g/mol. The maximum atomic E-state index is 11.8. The van der Waals surface area contributed by atoms with Gasteiger partial charge in [0.15, 0.2) is 0 Å². The normalized spacial score (nSPS) is 22.9. The van der Waals surface area contributed by atoms with Gasteiger partial charge in [0, 0.05) is 19.7 Å². The van der Waals surface area contributed by atoms with Gasteiger partial charge in [0.1, 0.15) is 0 Å². The molecule has 0 aliphatic heterocycles. The van der Waals surface area contributed by atoms with E-state index in [9.17, 15) is 9.59 Å². The van der Waals surface area contributed by atoms with Crippen LogP contribution in [0.2, 0.25) is 0 Å². The molecule has 1 aliphatic carbocycles. The number of nitrogens with one attached hydrogen (secondary N) is 2. The molecule has 3 N–H and O–H groups in total. The molecule has 2 unspecified atom stereocenters. The molecule has 2 atom stereocenters. The Morgan fingerprint density at radius 3 is 2.70 bits per heavy atom. The maximum absolute atomic E-state index is 11.8. The number of rotatable bonds is 6. The van der Waals surface area contributed by atoms with Gasteiger partial charge < -0.3 is 20.5 Å². The second-order valence-corrected chi connectivity index (χ2v) is 6.27. The summed E-state index contributed by atoms with van der Waals surface area (Å²) in [7, 11) is 1.44. The van der Waals surface area contributed by atoms with Crippen molar-refractivity contribution in [3.8, 4) is 0 Å². The number of urea groups is 1. The Labute approximate surface area is 120 Å². The van der Waals surface area contributed by atoms with Crippen molar-refractivity contribution in [1.29, 1.82) is 0 Å². The molecule has 1 rings (SSSR count). The van der Waals surface area contributed by atoms with Crippen molar-refractivity contribution in [2.45, 2.75) is 58.1 Å². The average molecular weight is 286 g/mol. The van der Waals surface area contributed by atoms with Crippen molar-refractivity contribution >= 4 is 12.0 Å². The van der Waals surface area contributed by atoms with Crippen LogP contribution in [-0.4, -0.2) is 42.9 Å². The molecule has 1 fully saturated rings. The smallest absolute Gasteiger partial charge is 0.315 e. The highest BCUT2D eigenvalue weighted by molar-refractivity contribution is 5.74. The largest absolute Gasteiger partial charge is 0.481 e. The Morgan fingerprint density at radius 1 is 1.45 bits per heavy atom. The number of methoxy groups -OCH3 is 1.